The molecule has 0 bridgehead atoms. The SMILES string of the molecule is CCCC1NC(=O)N(Cc2cnc(N)s2)C1=O. The number of hydrogen-bond donors (Lipinski definition) is 2. The van der Waals surface area contributed by atoms with E-state index < -0.39 is 0 Å². The quantitative estimate of drug-likeness (QED) is 0.783. The van der Waals surface area contributed by atoms with E-state index >= 15 is 0 Å². The van der Waals surface area contributed by atoms with Gasteiger partial charge in [0, 0.05) is 11.1 Å². The smallest absolute Gasteiger partial charge is 0.325 e. The Morgan fingerprint density at radius 3 is 2.94 bits per heavy atom. The maximum absolute atomic E-state index is 11.9. The van der Waals surface area contributed by atoms with Crippen molar-refractivity contribution in [2.75, 3.05) is 5.73 Å². The minimum Gasteiger partial charge on any atom is -0.375 e. The van der Waals surface area contributed by atoms with Gasteiger partial charge in [-0.1, -0.05) is 13.3 Å². The highest BCUT2D eigenvalue weighted by atomic mass is 32.1. The molecule has 2 rings (SSSR count). The van der Waals surface area contributed by atoms with E-state index in [0.29, 0.717) is 11.6 Å². The van der Waals surface area contributed by atoms with Gasteiger partial charge in [0.2, 0.25) is 0 Å². The number of amides is 3. The van der Waals surface area contributed by atoms with E-state index in [-0.39, 0.29) is 24.5 Å². The predicted molar refractivity (Wildman–Crippen MR) is 64.3 cm³/mol. The second-order valence-electron chi connectivity index (χ2n) is 3.88. The molecule has 1 fully saturated rings. The predicted octanol–water partition coefficient (Wildman–Crippen LogP) is 0.946. The molecular weight excluding hydrogens is 240 g/mol. The number of anilines is 1. The van der Waals surface area contributed by atoms with E-state index in [1.807, 2.05) is 6.92 Å². The molecule has 0 spiro atoms. The molecule has 0 radical (unpaired) electrons. The Kier molecular flexibility index (Phi) is 3.28. The number of aromatic nitrogens is 1. The molecule has 1 atom stereocenters. The lowest BCUT2D eigenvalue weighted by Gasteiger charge is -2.10. The van der Waals surface area contributed by atoms with E-state index in [0.717, 1.165) is 11.3 Å². The number of thiazole rings is 1. The Bertz CT molecular complexity index is 445. The maximum Gasteiger partial charge on any atom is 0.325 e. The van der Waals surface area contributed by atoms with Gasteiger partial charge in [-0.15, -0.1) is 11.3 Å². The average Bonchev–Trinajstić information content (AvgIpc) is 2.79. The summed E-state index contributed by atoms with van der Waals surface area (Å²) in [4.78, 5) is 29.5. The fraction of sp³-hybridized carbons (Fsp3) is 0.500. The summed E-state index contributed by atoms with van der Waals surface area (Å²) in [6.07, 6.45) is 3.12. The van der Waals surface area contributed by atoms with Crippen LogP contribution in [0.2, 0.25) is 0 Å². The van der Waals surface area contributed by atoms with E-state index in [1.54, 1.807) is 6.20 Å². The van der Waals surface area contributed by atoms with Gasteiger partial charge < -0.3 is 11.1 Å². The Labute approximate surface area is 103 Å². The third-order valence-corrected chi connectivity index (χ3v) is 3.38. The molecule has 3 N–H and O–H groups in total. The van der Waals surface area contributed by atoms with Crippen LogP contribution >= 0.6 is 11.3 Å². The monoisotopic (exact) mass is 254 g/mol. The van der Waals surface area contributed by atoms with Gasteiger partial charge in [-0.05, 0) is 6.42 Å². The van der Waals surface area contributed by atoms with E-state index in [9.17, 15) is 9.59 Å². The Balaban J connectivity index is 2.06. The summed E-state index contributed by atoms with van der Waals surface area (Å²) >= 11 is 1.29. The molecule has 7 heteroatoms. The number of hydrogen-bond acceptors (Lipinski definition) is 5. The molecule has 1 aromatic heterocycles. The van der Waals surface area contributed by atoms with Crippen molar-refractivity contribution in [2.45, 2.75) is 32.4 Å². The molecule has 6 nitrogen and oxygen atoms in total. The van der Waals surface area contributed by atoms with Crippen LogP contribution in [0.15, 0.2) is 6.20 Å². The summed E-state index contributed by atoms with van der Waals surface area (Å²) in [5, 5.41) is 3.11. The molecule has 1 aromatic rings. The summed E-state index contributed by atoms with van der Waals surface area (Å²) in [5.74, 6) is -0.163. The van der Waals surface area contributed by atoms with Crippen molar-refractivity contribution in [1.82, 2.24) is 15.2 Å². The van der Waals surface area contributed by atoms with Gasteiger partial charge in [0.1, 0.15) is 6.04 Å². The lowest BCUT2D eigenvalue weighted by molar-refractivity contribution is -0.127. The highest BCUT2D eigenvalue weighted by Crippen LogP contribution is 2.20. The third-order valence-electron chi connectivity index (χ3n) is 2.57. The maximum atomic E-state index is 11.9. The van der Waals surface area contributed by atoms with Crippen molar-refractivity contribution < 1.29 is 9.59 Å². The first-order valence-electron chi connectivity index (χ1n) is 5.44. The molecule has 1 saturated heterocycles. The molecular formula is C10H14N4O2S. The van der Waals surface area contributed by atoms with Gasteiger partial charge in [-0.3, -0.25) is 9.69 Å². The summed E-state index contributed by atoms with van der Waals surface area (Å²) in [6.45, 7) is 2.23. The van der Waals surface area contributed by atoms with Gasteiger partial charge in [-0.25, -0.2) is 9.78 Å². The molecule has 1 unspecified atom stereocenters. The zero-order valence-electron chi connectivity index (χ0n) is 9.47. The minimum atomic E-state index is -0.377. The normalized spacial score (nSPS) is 19.8. The zero-order chi connectivity index (χ0) is 12.4. The molecule has 0 aromatic carbocycles. The standard InChI is InChI=1S/C10H14N4O2S/c1-2-3-7-8(15)14(10(16)13-7)5-6-4-12-9(11)17-6/h4,7H,2-3,5H2,1H3,(H2,11,12)(H,13,16). The molecule has 1 aliphatic rings. The first-order chi connectivity index (χ1) is 8.11. The van der Waals surface area contributed by atoms with Crippen LogP contribution in [0.1, 0.15) is 24.6 Å². The number of urea groups is 1. The molecule has 2 heterocycles. The fourth-order valence-corrected chi connectivity index (χ4v) is 2.44. The Morgan fingerprint density at radius 1 is 1.59 bits per heavy atom. The summed E-state index contributed by atoms with van der Waals surface area (Å²) < 4.78 is 0. The number of carbonyl (C=O) groups is 2. The number of nitrogen functional groups attached to an aromatic ring is 1. The number of carbonyl (C=O) groups excluding carboxylic acids is 2. The third kappa shape index (κ3) is 2.38. The van der Waals surface area contributed by atoms with Crippen molar-refractivity contribution in [3.05, 3.63) is 11.1 Å². The van der Waals surface area contributed by atoms with Gasteiger partial charge in [-0.2, -0.15) is 0 Å². The fourth-order valence-electron chi connectivity index (χ4n) is 1.76. The van der Waals surface area contributed by atoms with E-state index in [4.69, 9.17) is 5.73 Å². The van der Waals surface area contributed by atoms with Gasteiger partial charge in [0.15, 0.2) is 5.13 Å². The van der Waals surface area contributed by atoms with Crippen LogP contribution in [-0.4, -0.2) is 27.9 Å². The first-order valence-corrected chi connectivity index (χ1v) is 6.25. The summed E-state index contributed by atoms with van der Waals surface area (Å²) in [5.41, 5.74) is 5.50. The van der Waals surface area contributed by atoms with Crippen LogP contribution in [0.25, 0.3) is 0 Å². The lowest BCUT2D eigenvalue weighted by atomic mass is 10.2. The Morgan fingerprint density at radius 2 is 2.35 bits per heavy atom. The number of nitrogens with one attached hydrogen (secondary N) is 1. The summed E-state index contributed by atoms with van der Waals surface area (Å²) in [6, 6.07) is -0.710. The van der Waals surface area contributed by atoms with Crippen molar-refractivity contribution in [2.24, 2.45) is 0 Å². The van der Waals surface area contributed by atoms with Crippen LogP contribution in [0.5, 0.6) is 0 Å². The number of nitrogens with two attached hydrogens (primary N) is 1. The molecule has 92 valence electrons. The van der Waals surface area contributed by atoms with Gasteiger partial charge in [0.05, 0.1) is 6.54 Å². The van der Waals surface area contributed by atoms with Gasteiger partial charge >= 0.3 is 6.03 Å². The molecule has 0 saturated carbocycles. The topological polar surface area (TPSA) is 88.3 Å². The van der Waals surface area contributed by atoms with Crippen molar-refractivity contribution >= 4 is 28.4 Å². The lowest BCUT2D eigenvalue weighted by Crippen LogP contribution is -2.30. The highest BCUT2D eigenvalue weighted by Gasteiger charge is 2.37. The van der Waals surface area contributed by atoms with Crippen LogP contribution in [0.4, 0.5) is 9.93 Å². The van der Waals surface area contributed by atoms with Crippen molar-refractivity contribution in [3.63, 3.8) is 0 Å². The number of imide groups is 1. The van der Waals surface area contributed by atoms with E-state index in [1.165, 1.54) is 16.2 Å². The van der Waals surface area contributed by atoms with Crippen LogP contribution < -0.4 is 11.1 Å². The Hall–Kier alpha value is -1.63. The van der Waals surface area contributed by atoms with E-state index in [2.05, 4.69) is 10.3 Å². The van der Waals surface area contributed by atoms with Crippen LogP contribution in [0, 0.1) is 0 Å². The van der Waals surface area contributed by atoms with Crippen molar-refractivity contribution in [3.8, 4) is 0 Å². The second kappa shape index (κ2) is 4.70. The average molecular weight is 254 g/mol. The molecule has 1 aliphatic heterocycles. The van der Waals surface area contributed by atoms with Crippen molar-refractivity contribution in [1.29, 1.82) is 0 Å². The zero-order valence-corrected chi connectivity index (χ0v) is 10.3. The molecule has 3 amide bonds. The number of rotatable bonds is 4. The minimum absolute atomic E-state index is 0.163. The number of nitrogens with zero attached hydrogens (tertiary/aromatic N) is 2. The largest absolute Gasteiger partial charge is 0.375 e. The molecule has 17 heavy (non-hydrogen) atoms. The summed E-state index contributed by atoms with van der Waals surface area (Å²) in [7, 11) is 0. The molecule has 0 aliphatic carbocycles. The first kappa shape index (κ1) is 11.8. The van der Waals surface area contributed by atoms with Gasteiger partial charge in [0.25, 0.3) is 5.91 Å². The highest BCUT2D eigenvalue weighted by molar-refractivity contribution is 7.15. The van der Waals surface area contributed by atoms with Crippen LogP contribution in [-0.2, 0) is 11.3 Å². The second-order valence-corrected chi connectivity index (χ2v) is 5.03. The van der Waals surface area contributed by atoms with Crippen LogP contribution in [0.3, 0.4) is 0 Å².